The normalized spacial score (nSPS) is 10.7. The van der Waals surface area contributed by atoms with Gasteiger partial charge in [-0.1, -0.05) is 11.3 Å². The number of carbonyl (C=O) groups excluding carboxylic acids is 2. The van der Waals surface area contributed by atoms with E-state index in [0.717, 1.165) is 22.0 Å². The number of aromatic nitrogens is 3. The Kier molecular flexibility index (Phi) is 5.41. The van der Waals surface area contributed by atoms with E-state index in [1.165, 1.54) is 24.4 Å². The molecule has 0 aliphatic heterocycles. The molecule has 2 aromatic heterocycles. The van der Waals surface area contributed by atoms with Crippen LogP contribution in [0.2, 0.25) is 0 Å². The van der Waals surface area contributed by atoms with Gasteiger partial charge in [0.15, 0.2) is 11.7 Å². The molecule has 3 rings (SSSR count). The molecule has 2 N–H and O–H groups in total. The molecule has 3 aromatic rings. The fourth-order valence-electron chi connectivity index (χ4n) is 2.16. The van der Waals surface area contributed by atoms with Crippen molar-refractivity contribution in [1.82, 2.24) is 14.5 Å². The molecule has 0 radical (unpaired) electrons. The maximum atomic E-state index is 13.2. The summed E-state index contributed by atoms with van der Waals surface area (Å²) >= 11 is 1.09. The molecular formula is C16H13FN4O5S. The minimum atomic E-state index is -0.686. The van der Waals surface area contributed by atoms with Gasteiger partial charge in [0.25, 0.3) is 11.5 Å². The number of aromatic amines is 1. The number of rotatable bonds is 6. The van der Waals surface area contributed by atoms with Crippen LogP contribution in [0.3, 0.4) is 0 Å². The Labute approximate surface area is 154 Å². The zero-order valence-corrected chi connectivity index (χ0v) is 14.5. The Bertz CT molecular complexity index is 1120. The largest absolute Gasteiger partial charge is 0.456 e. The van der Waals surface area contributed by atoms with Crippen molar-refractivity contribution in [3.63, 3.8) is 0 Å². The number of hydrogen-bond acceptors (Lipinski definition) is 7. The van der Waals surface area contributed by atoms with E-state index in [0.29, 0.717) is 10.2 Å². The number of aryl methyl sites for hydroxylation is 1. The van der Waals surface area contributed by atoms with Crippen molar-refractivity contribution in [2.75, 3.05) is 11.9 Å². The summed E-state index contributed by atoms with van der Waals surface area (Å²) in [6.07, 6.45) is 1.11. The highest BCUT2D eigenvalue weighted by Crippen LogP contribution is 2.26. The van der Waals surface area contributed by atoms with E-state index in [1.807, 2.05) is 0 Å². The lowest BCUT2D eigenvalue weighted by Crippen LogP contribution is -2.29. The Hall–Kier alpha value is -3.34. The fraction of sp³-hybridized carbons (Fsp3) is 0.188. The third-order valence-corrected chi connectivity index (χ3v) is 4.35. The van der Waals surface area contributed by atoms with Gasteiger partial charge in [0, 0.05) is 18.8 Å². The second kappa shape index (κ2) is 7.91. The summed E-state index contributed by atoms with van der Waals surface area (Å²) in [6.45, 7) is -0.525. The molecule has 0 atom stereocenters. The van der Waals surface area contributed by atoms with Gasteiger partial charge in [-0.2, -0.15) is 0 Å². The summed E-state index contributed by atoms with van der Waals surface area (Å²) in [5.74, 6) is -1.68. The van der Waals surface area contributed by atoms with E-state index in [9.17, 15) is 23.6 Å². The number of nitrogens with zero attached hydrogens (tertiary/aromatic N) is 2. The fourth-order valence-corrected chi connectivity index (χ4v) is 3.06. The van der Waals surface area contributed by atoms with Crippen molar-refractivity contribution in [1.29, 1.82) is 0 Å². The summed E-state index contributed by atoms with van der Waals surface area (Å²) in [4.78, 5) is 52.1. The first-order valence-electron chi connectivity index (χ1n) is 7.72. The number of esters is 1. The number of amides is 1. The molecule has 0 saturated carbocycles. The number of H-pyrrole nitrogens is 1. The molecule has 0 spiro atoms. The molecule has 0 aliphatic rings. The summed E-state index contributed by atoms with van der Waals surface area (Å²) in [5.41, 5.74) is -0.631. The van der Waals surface area contributed by atoms with Crippen molar-refractivity contribution in [2.24, 2.45) is 0 Å². The van der Waals surface area contributed by atoms with E-state index in [1.54, 1.807) is 0 Å². The number of halogens is 1. The lowest BCUT2D eigenvalue weighted by Gasteiger charge is -2.06. The van der Waals surface area contributed by atoms with Gasteiger partial charge < -0.3 is 9.30 Å². The third kappa shape index (κ3) is 4.85. The molecule has 140 valence electrons. The molecule has 27 heavy (non-hydrogen) atoms. The Morgan fingerprint density at radius 1 is 1.30 bits per heavy atom. The number of nitrogens with one attached hydrogen (secondary N) is 2. The van der Waals surface area contributed by atoms with Gasteiger partial charge >= 0.3 is 11.7 Å². The third-order valence-electron chi connectivity index (χ3n) is 3.41. The van der Waals surface area contributed by atoms with Gasteiger partial charge in [0.05, 0.1) is 16.6 Å². The first-order valence-corrected chi connectivity index (χ1v) is 8.54. The SMILES string of the molecule is O=C(COC(=O)CCn1ccc(=O)[nH]c1=O)Nc1nc2ccc(F)cc2s1. The van der Waals surface area contributed by atoms with Crippen molar-refractivity contribution in [3.8, 4) is 0 Å². The van der Waals surface area contributed by atoms with Crippen LogP contribution >= 0.6 is 11.3 Å². The highest BCUT2D eigenvalue weighted by Gasteiger charge is 2.11. The van der Waals surface area contributed by atoms with Crippen LogP contribution in [0.25, 0.3) is 10.2 Å². The van der Waals surface area contributed by atoms with Gasteiger partial charge in [0.2, 0.25) is 0 Å². The number of carbonyl (C=O) groups is 2. The number of benzene rings is 1. The van der Waals surface area contributed by atoms with Crippen molar-refractivity contribution >= 4 is 38.6 Å². The van der Waals surface area contributed by atoms with Crippen molar-refractivity contribution < 1.29 is 18.7 Å². The maximum Gasteiger partial charge on any atom is 0.328 e. The molecule has 11 heteroatoms. The Morgan fingerprint density at radius 3 is 2.89 bits per heavy atom. The minimum absolute atomic E-state index is 0.000497. The molecule has 0 aliphatic carbocycles. The van der Waals surface area contributed by atoms with Crippen molar-refractivity contribution in [2.45, 2.75) is 13.0 Å². The summed E-state index contributed by atoms with van der Waals surface area (Å²) in [7, 11) is 0. The van der Waals surface area contributed by atoms with Crippen LogP contribution in [0.15, 0.2) is 40.1 Å². The van der Waals surface area contributed by atoms with E-state index in [-0.39, 0.29) is 18.1 Å². The predicted octanol–water partition coefficient (Wildman–Crippen LogP) is 0.857. The topological polar surface area (TPSA) is 123 Å². The van der Waals surface area contributed by atoms with E-state index in [2.05, 4.69) is 15.3 Å². The molecule has 1 amide bonds. The van der Waals surface area contributed by atoms with Crippen LogP contribution in [0.1, 0.15) is 6.42 Å². The Morgan fingerprint density at radius 2 is 2.11 bits per heavy atom. The molecule has 0 bridgehead atoms. The quantitative estimate of drug-likeness (QED) is 0.600. The molecule has 9 nitrogen and oxygen atoms in total. The number of anilines is 1. The standard InChI is InChI=1S/C16H13FN4O5S/c17-9-1-2-10-11(7-9)27-15(18-10)19-13(23)8-26-14(24)4-6-21-5-3-12(22)20-16(21)25/h1-3,5,7H,4,6,8H2,(H,18,19,23)(H,20,22,25). The second-order valence-corrected chi connectivity index (χ2v) is 6.42. The lowest BCUT2D eigenvalue weighted by molar-refractivity contribution is -0.147. The average Bonchev–Trinajstić information content (AvgIpc) is 3.00. The van der Waals surface area contributed by atoms with Gasteiger partial charge in [-0.25, -0.2) is 14.2 Å². The number of ether oxygens (including phenoxy) is 1. The summed E-state index contributed by atoms with van der Waals surface area (Å²) < 4.78 is 19.7. The molecule has 2 heterocycles. The average molecular weight is 392 g/mol. The van der Waals surface area contributed by atoms with Gasteiger partial charge in [0.1, 0.15) is 5.82 Å². The molecule has 0 saturated heterocycles. The van der Waals surface area contributed by atoms with Crippen LogP contribution in [0.4, 0.5) is 9.52 Å². The van der Waals surface area contributed by atoms with E-state index in [4.69, 9.17) is 4.74 Å². The summed E-state index contributed by atoms with van der Waals surface area (Å²) in [5, 5.41) is 2.73. The van der Waals surface area contributed by atoms with Gasteiger partial charge in [-0.05, 0) is 18.2 Å². The predicted molar refractivity (Wildman–Crippen MR) is 95.1 cm³/mol. The van der Waals surface area contributed by atoms with Gasteiger partial charge in [-0.15, -0.1) is 0 Å². The van der Waals surface area contributed by atoms with Crippen LogP contribution in [-0.2, 0) is 20.9 Å². The van der Waals surface area contributed by atoms with Crippen LogP contribution in [-0.4, -0.2) is 33.0 Å². The van der Waals surface area contributed by atoms with E-state index >= 15 is 0 Å². The highest BCUT2D eigenvalue weighted by molar-refractivity contribution is 7.22. The Balaban J connectivity index is 1.48. The van der Waals surface area contributed by atoms with Gasteiger partial charge in [-0.3, -0.25) is 24.7 Å². The summed E-state index contributed by atoms with van der Waals surface area (Å²) in [6, 6.07) is 5.23. The molecule has 1 aromatic carbocycles. The first-order chi connectivity index (χ1) is 12.9. The molecular weight excluding hydrogens is 379 g/mol. The second-order valence-electron chi connectivity index (χ2n) is 5.39. The smallest absolute Gasteiger partial charge is 0.328 e. The monoisotopic (exact) mass is 392 g/mol. The first kappa shape index (κ1) is 18.5. The number of thiazole rings is 1. The molecule has 0 fully saturated rings. The van der Waals surface area contributed by atoms with Crippen LogP contribution < -0.4 is 16.6 Å². The maximum absolute atomic E-state index is 13.2. The van der Waals surface area contributed by atoms with Crippen LogP contribution in [0.5, 0.6) is 0 Å². The zero-order valence-electron chi connectivity index (χ0n) is 13.7. The highest BCUT2D eigenvalue weighted by atomic mass is 32.1. The van der Waals surface area contributed by atoms with Crippen LogP contribution in [0, 0.1) is 5.82 Å². The van der Waals surface area contributed by atoms with Crippen molar-refractivity contribution in [3.05, 3.63) is 57.1 Å². The lowest BCUT2D eigenvalue weighted by atomic mass is 10.3. The minimum Gasteiger partial charge on any atom is -0.456 e. The number of fused-ring (bicyclic) bond motifs is 1. The van der Waals surface area contributed by atoms with E-state index < -0.39 is 35.5 Å². The molecule has 0 unspecified atom stereocenters. The zero-order chi connectivity index (χ0) is 19.4. The number of hydrogen-bond donors (Lipinski definition) is 2.